The first-order valence-corrected chi connectivity index (χ1v) is 6.06. The molecule has 1 rings (SSSR count). The van der Waals surface area contributed by atoms with Crippen molar-refractivity contribution in [1.82, 2.24) is 0 Å². The molecule has 0 fully saturated rings. The maximum absolute atomic E-state index is 11.7. The van der Waals surface area contributed by atoms with E-state index in [1.807, 2.05) is 22.6 Å². The minimum absolute atomic E-state index is 0.125. The molecule has 0 aromatic heterocycles. The molecule has 1 atom stereocenters. The van der Waals surface area contributed by atoms with Crippen molar-refractivity contribution in [3.63, 3.8) is 0 Å². The van der Waals surface area contributed by atoms with Gasteiger partial charge in [0.05, 0.1) is 9.61 Å². The van der Waals surface area contributed by atoms with Gasteiger partial charge in [-0.15, -0.1) is 0 Å². The number of carbonyl (C=O) groups excluding carboxylic acids is 2. The smallest absolute Gasteiger partial charge is 0.234 e. The lowest BCUT2D eigenvalue weighted by Gasteiger charge is -2.07. The number of benzene rings is 1. The third-order valence-electron chi connectivity index (χ3n) is 2.32. The monoisotopic (exact) mass is 348 g/mol. The van der Waals surface area contributed by atoms with Gasteiger partial charge >= 0.3 is 0 Å². The van der Waals surface area contributed by atoms with E-state index in [0.717, 1.165) is 0 Å². The van der Waals surface area contributed by atoms with Crippen molar-refractivity contribution in [2.75, 3.05) is 0 Å². The summed E-state index contributed by atoms with van der Waals surface area (Å²) in [4.78, 5) is 22.4. The zero-order chi connectivity index (χ0) is 13.0. The van der Waals surface area contributed by atoms with Crippen LogP contribution >= 0.6 is 22.6 Å². The second-order valence-corrected chi connectivity index (χ2v) is 4.80. The van der Waals surface area contributed by atoms with Crippen LogP contribution in [0.5, 0.6) is 5.75 Å². The number of primary amides is 1. The molecule has 0 saturated carbocycles. The lowest BCUT2D eigenvalue weighted by molar-refractivity contribution is -0.119. The number of phenols is 1. The number of Topliss-reactive ketones (excluding diaryl/α,β-unsaturated/α-hetero) is 1. The van der Waals surface area contributed by atoms with Crippen LogP contribution in [0, 0.1) is 3.57 Å². The highest BCUT2D eigenvalue weighted by Gasteiger charge is 2.13. The predicted octanol–water partition coefficient (Wildman–Crippen LogP) is 0.772. The molecule has 0 aliphatic carbocycles. The lowest BCUT2D eigenvalue weighted by Crippen LogP contribution is -2.36. The molecule has 0 unspecified atom stereocenters. The van der Waals surface area contributed by atoms with Crippen LogP contribution in [0.2, 0.25) is 0 Å². The van der Waals surface area contributed by atoms with E-state index in [4.69, 9.17) is 11.5 Å². The van der Waals surface area contributed by atoms with Gasteiger partial charge in [-0.25, -0.2) is 0 Å². The van der Waals surface area contributed by atoms with E-state index in [2.05, 4.69) is 0 Å². The molecule has 0 bridgehead atoms. The van der Waals surface area contributed by atoms with Crippen molar-refractivity contribution in [3.05, 3.63) is 27.3 Å². The highest BCUT2D eigenvalue weighted by atomic mass is 127. The molecule has 92 valence electrons. The summed E-state index contributed by atoms with van der Waals surface area (Å²) < 4.78 is 0.604. The molecule has 0 radical (unpaired) electrons. The molecular weight excluding hydrogens is 335 g/mol. The Morgan fingerprint density at radius 3 is 2.59 bits per heavy atom. The van der Waals surface area contributed by atoms with Crippen molar-refractivity contribution in [2.24, 2.45) is 11.5 Å². The molecule has 0 spiro atoms. The summed E-state index contributed by atoms with van der Waals surface area (Å²) in [6, 6.07) is 3.79. The zero-order valence-corrected chi connectivity index (χ0v) is 11.2. The molecule has 6 heteroatoms. The number of amides is 1. The van der Waals surface area contributed by atoms with Gasteiger partial charge in [-0.1, -0.05) is 0 Å². The Morgan fingerprint density at radius 2 is 2.06 bits per heavy atom. The number of halogens is 1. The van der Waals surface area contributed by atoms with Gasteiger partial charge in [-0.2, -0.15) is 0 Å². The van der Waals surface area contributed by atoms with Gasteiger partial charge in [0, 0.05) is 12.0 Å². The molecular formula is C11H13IN2O3. The highest BCUT2D eigenvalue weighted by Crippen LogP contribution is 2.21. The minimum Gasteiger partial charge on any atom is -0.507 e. The number of rotatable bonds is 5. The SMILES string of the molecule is NC(=O)[C@@H](N)CCC(=O)c1ccc(O)c(I)c1. The van der Waals surface area contributed by atoms with E-state index >= 15 is 0 Å². The number of phenolic OH excluding ortho intramolecular Hbond substituents is 1. The third-order valence-corrected chi connectivity index (χ3v) is 3.18. The molecule has 0 saturated heterocycles. The average molecular weight is 348 g/mol. The highest BCUT2D eigenvalue weighted by molar-refractivity contribution is 14.1. The Kier molecular flexibility index (Phi) is 4.88. The van der Waals surface area contributed by atoms with E-state index in [1.54, 1.807) is 6.07 Å². The zero-order valence-electron chi connectivity index (χ0n) is 9.02. The van der Waals surface area contributed by atoms with E-state index < -0.39 is 11.9 Å². The van der Waals surface area contributed by atoms with Gasteiger partial charge in [0.2, 0.25) is 5.91 Å². The van der Waals surface area contributed by atoms with E-state index in [9.17, 15) is 14.7 Å². The van der Waals surface area contributed by atoms with Crippen LogP contribution in [0.15, 0.2) is 18.2 Å². The molecule has 0 heterocycles. The Hall–Kier alpha value is -1.15. The van der Waals surface area contributed by atoms with Gasteiger partial charge in [-0.05, 0) is 47.2 Å². The first kappa shape index (κ1) is 13.9. The number of hydrogen-bond donors (Lipinski definition) is 3. The van der Waals surface area contributed by atoms with Crippen LogP contribution in [0.3, 0.4) is 0 Å². The number of aromatic hydroxyl groups is 1. The van der Waals surface area contributed by atoms with Gasteiger partial charge in [0.15, 0.2) is 5.78 Å². The predicted molar refractivity (Wildman–Crippen MR) is 71.6 cm³/mol. The van der Waals surface area contributed by atoms with Crippen molar-refractivity contribution in [2.45, 2.75) is 18.9 Å². The van der Waals surface area contributed by atoms with Crippen molar-refractivity contribution < 1.29 is 14.7 Å². The Morgan fingerprint density at radius 1 is 1.41 bits per heavy atom. The molecule has 5 N–H and O–H groups in total. The fourth-order valence-corrected chi connectivity index (χ4v) is 1.77. The summed E-state index contributed by atoms with van der Waals surface area (Å²) >= 11 is 1.93. The molecule has 0 aliphatic heterocycles. The Balaban J connectivity index is 2.64. The van der Waals surface area contributed by atoms with Gasteiger partial charge in [0.25, 0.3) is 0 Å². The summed E-state index contributed by atoms with van der Waals surface area (Å²) in [5.41, 5.74) is 10.9. The number of hydrogen-bond acceptors (Lipinski definition) is 4. The van der Waals surface area contributed by atoms with Gasteiger partial charge in [-0.3, -0.25) is 9.59 Å². The summed E-state index contributed by atoms with van der Waals surface area (Å²) in [6.07, 6.45) is 0.386. The minimum atomic E-state index is -0.796. The fraction of sp³-hybridized carbons (Fsp3) is 0.273. The maximum Gasteiger partial charge on any atom is 0.234 e. The summed E-state index contributed by atoms with van der Waals surface area (Å²) in [7, 11) is 0. The van der Waals surface area contributed by atoms with E-state index in [0.29, 0.717) is 9.13 Å². The number of carbonyl (C=O) groups is 2. The van der Waals surface area contributed by atoms with E-state index in [1.165, 1.54) is 12.1 Å². The maximum atomic E-state index is 11.7. The first-order chi connectivity index (χ1) is 7.91. The van der Waals surface area contributed by atoms with Crippen LogP contribution < -0.4 is 11.5 Å². The second-order valence-electron chi connectivity index (χ2n) is 3.64. The largest absolute Gasteiger partial charge is 0.507 e. The van der Waals surface area contributed by atoms with Crippen LogP contribution in [-0.4, -0.2) is 22.8 Å². The molecule has 1 aromatic rings. The van der Waals surface area contributed by atoms with Gasteiger partial charge < -0.3 is 16.6 Å². The Bertz CT molecular complexity index is 448. The fourth-order valence-electron chi connectivity index (χ4n) is 1.25. The molecule has 1 aromatic carbocycles. The van der Waals surface area contributed by atoms with Crippen LogP contribution in [0.25, 0.3) is 0 Å². The van der Waals surface area contributed by atoms with E-state index in [-0.39, 0.29) is 24.4 Å². The Labute approximate surface area is 112 Å². The summed E-state index contributed by atoms with van der Waals surface area (Å²) in [5.74, 6) is -0.603. The van der Waals surface area contributed by atoms with Crippen molar-refractivity contribution >= 4 is 34.3 Å². The quantitative estimate of drug-likeness (QED) is 0.540. The number of ketones is 1. The second kappa shape index (κ2) is 5.97. The standard InChI is InChI=1S/C11H13IN2O3/c12-7-5-6(1-3-10(7)16)9(15)4-2-8(13)11(14)17/h1,3,5,8,16H,2,4,13H2,(H2,14,17)/t8-/m0/s1. The third kappa shape index (κ3) is 3.97. The van der Waals surface area contributed by atoms with Crippen LogP contribution in [0.1, 0.15) is 23.2 Å². The average Bonchev–Trinajstić information content (AvgIpc) is 2.28. The summed E-state index contributed by atoms with van der Waals surface area (Å²) in [5, 5.41) is 9.32. The first-order valence-electron chi connectivity index (χ1n) is 4.98. The van der Waals surface area contributed by atoms with Crippen LogP contribution in [0.4, 0.5) is 0 Å². The number of nitrogens with two attached hydrogens (primary N) is 2. The van der Waals surface area contributed by atoms with Crippen LogP contribution in [-0.2, 0) is 4.79 Å². The topological polar surface area (TPSA) is 106 Å². The summed E-state index contributed by atoms with van der Waals surface area (Å²) in [6.45, 7) is 0. The normalized spacial score (nSPS) is 12.1. The lowest BCUT2D eigenvalue weighted by atomic mass is 10.0. The van der Waals surface area contributed by atoms with Crippen molar-refractivity contribution in [3.8, 4) is 5.75 Å². The van der Waals surface area contributed by atoms with Crippen molar-refractivity contribution in [1.29, 1.82) is 0 Å². The molecule has 5 nitrogen and oxygen atoms in total. The molecule has 1 amide bonds. The van der Waals surface area contributed by atoms with Gasteiger partial charge in [0.1, 0.15) is 5.75 Å². The molecule has 0 aliphatic rings. The molecule has 17 heavy (non-hydrogen) atoms.